The average Bonchev–Trinajstić information content (AvgIpc) is 3.09. The Bertz CT molecular complexity index is 1190. The van der Waals surface area contributed by atoms with Crippen molar-refractivity contribution in [3.8, 4) is 11.3 Å². The van der Waals surface area contributed by atoms with Crippen molar-refractivity contribution < 1.29 is 9.18 Å². The molecule has 2 aromatic heterocycles. The molecule has 0 aliphatic heterocycles. The number of rotatable bonds is 3. The van der Waals surface area contributed by atoms with Gasteiger partial charge in [0, 0.05) is 17.3 Å². The number of hydrogen-bond donors (Lipinski definition) is 1. The molecule has 4 aromatic rings. The molecule has 0 aliphatic rings. The van der Waals surface area contributed by atoms with E-state index in [1.54, 1.807) is 0 Å². The largest absolute Gasteiger partial charge is 0.322 e. The second kappa shape index (κ2) is 6.77. The Labute approximate surface area is 157 Å². The molecule has 1 amide bonds. The van der Waals surface area contributed by atoms with Crippen LogP contribution in [0.2, 0.25) is 0 Å². The van der Waals surface area contributed by atoms with E-state index in [2.05, 4.69) is 10.3 Å². The molecular formula is C20H14FN3O2S. The third kappa shape index (κ3) is 3.24. The predicted octanol–water partition coefficient (Wildman–Crippen LogP) is 4.12. The first kappa shape index (κ1) is 17.1. The Hall–Kier alpha value is -3.32. The Morgan fingerprint density at radius 3 is 2.52 bits per heavy atom. The second-order valence-electron chi connectivity index (χ2n) is 6.04. The summed E-state index contributed by atoms with van der Waals surface area (Å²) in [6.07, 6.45) is 1.27. The normalized spacial score (nSPS) is 10.9. The Morgan fingerprint density at radius 2 is 1.81 bits per heavy atom. The molecule has 134 valence electrons. The number of aromatic nitrogens is 2. The molecule has 5 nitrogen and oxygen atoms in total. The number of benzene rings is 2. The summed E-state index contributed by atoms with van der Waals surface area (Å²) in [6, 6.07) is 13.1. The molecule has 0 saturated heterocycles. The first-order valence-electron chi connectivity index (χ1n) is 8.16. The van der Waals surface area contributed by atoms with Crippen molar-refractivity contribution in [3.05, 3.63) is 87.4 Å². The molecule has 0 fully saturated rings. The third-order valence-electron chi connectivity index (χ3n) is 4.14. The van der Waals surface area contributed by atoms with Crippen LogP contribution in [0.15, 0.2) is 64.9 Å². The van der Waals surface area contributed by atoms with E-state index in [0.29, 0.717) is 16.3 Å². The fraction of sp³-hybridized carbons (Fsp3) is 0.0500. The van der Waals surface area contributed by atoms with Gasteiger partial charge in [0.2, 0.25) is 0 Å². The number of hydrogen-bond acceptors (Lipinski definition) is 4. The number of nitrogens with zero attached hydrogens (tertiary/aromatic N) is 2. The van der Waals surface area contributed by atoms with Crippen molar-refractivity contribution >= 4 is 27.9 Å². The number of anilines is 1. The molecule has 0 bridgehead atoms. The first-order chi connectivity index (χ1) is 13.0. The van der Waals surface area contributed by atoms with Crippen molar-refractivity contribution in [2.75, 3.05) is 5.32 Å². The lowest BCUT2D eigenvalue weighted by Gasteiger charge is -2.06. The number of carbonyl (C=O) groups is 1. The number of thiazole rings is 1. The topological polar surface area (TPSA) is 63.5 Å². The maximum atomic E-state index is 13.0. The molecule has 0 atom stereocenters. The van der Waals surface area contributed by atoms with Gasteiger partial charge in [-0.05, 0) is 36.8 Å². The van der Waals surface area contributed by atoms with Gasteiger partial charge >= 0.3 is 0 Å². The summed E-state index contributed by atoms with van der Waals surface area (Å²) in [6.45, 7) is 1.99. The van der Waals surface area contributed by atoms with Crippen molar-refractivity contribution in [3.63, 3.8) is 0 Å². The van der Waals surface area contributed by atoms with Crippen LogP contribution in [-0.2, 0) is 0 Å². The van der Waals surface area contributed by atoms with Gasteiger partial charge in [0.1, 0.15) is 11.4 Å². The summed E-state index contributed by atoms with van der Waals surface area (Å²) in [5.41, 5.74) is 2.54. The smallest absolute Gasteiger partial charge is 0.271 e. The highest BCUT2D eigenvalue weighted by molar-refractivity contribution is 7.15. The molecule has 2 heterocycles. The molecule has 0 radical (unpaired) electrons. The van der Waals surface area contributed by atoms with Crippen LogP contribution in [0.1, 0.15) is 15.9 Å². The first-order valence-corrected chi connectivity index (χ1v) is 9.04. The third-order valence-corrected chi connectivity index (χ3v) is 4.98. The molecule has 27 heavy (non-hydrogen) atoms. The highest BCUT2D eigenvalue weighted by atomic mass is 32.1. The summed E-state index contributed by atoms with van der Waals surface area (Å²) in [5.74, 6) is -0.994. The highest BCUT2D eigenvalue weighted by Gasteiger charge is 2.17. The fourth-order valence-corrected chi connectivity index (χ4v) is 3.56. The van der Waals surface area contributed by atoms with Crippen LogP contribution >= 0.6 is 11.3 Å². The summed E-state index contributed by atoms with van der Waals surface area (Å²) in [5, 5.41) is 4.44. The fourth-order valence-electron chi connectivity index (χ4n) is 2.71. The van der Waals surface area contributed by atoms with E-state index < -0.39 is 17.3 Å². The zero-order chi connectivity index (χ0) is 19.0. The van der Waals surface area contributed by atoms with Gasteiger partial charge in [0.15, 0.2) is 4.96 Å². The van der Waals surface area contributed by atoms with E-state index in [1.165, 1.54) is 46.2 Å². The van der Waals surface area contributed by atoms with Crippen LogP contribution in [0.3, 0.4) is 0 Å². The molecular weight excluding hydrogens is 365 g/mol. The van der Waals surface area contributed by atoms with E-state index in [4.69, 9.17) is 0 Å². The van der Waals surface area contributed by atoms with Crippen molar-refractivity contribution in [2.24, 2.45) is 0 Å². The van der Waals surface area contributed by atoms with Gasteiger partial charge in [0.25, 0.3) is 11.5 Å². The highest BCUT2D eigenvalue weighted by Crippen LogP contribution is 2.24. The van der Waals surface area contributed by atoms with Crippen LogP contribution in [-0.4, -0.2) is 15.3 Å². The Kier molecular flexibility index (Phi) is 4.29. The van der Waals surface area contributed by atoms with Gasteiger partial charge < -0.3 is 5.32 Å². The van der Waals surface area contributed by atoms with Gasteiger partial charge in [-0.25, -0.2) is 9.37 Å². The lowest BCUT2D eigenvalue weighted by molar-refractivity contribution is 0.102. The van der Waals surface area contributed by atoms with Gasteiger partial charge in [-0.1, -0.05) is 29.8 Å². The maximum absolute atomic E-state index is 13.0. The molecule has 4 rings (SSSR count). The van der Waals surface area contributed by atoms with E-state index in [9.17, 15) is 14.0 Å². The number of amides is 1. The van der Waals surface area contributed by atoms with E-state index >= 15 is 0 Å². The number of nitrogens with one attached hydrogen (secondary N) is 1. The summed E-state index contributed by atoms with van der Waals surface area (Å²) >= 11 is 1.33. The lowest BCUT2D eigenvalue weighted by Crippen LogP contribution is -2.26. The van der Waals surface area contributed by atoms with Crippen LogP contribution < -0.4 is 10.9 Å². The van der Waals surface area contributed by atoms with Gasteiger partial charge in [0.05, 0.1) is 5.69 Å². The minimum Gasteiger partial charge on any atom is -0.322 e. The molecule has 0 saturated carbocycles. The molecule has 0 unspecified atom stereocenters. The molecule has 7 heteroatoms. The Balaban J connectivity index is 1.76. The standard InChI is InChI=1S/C20H14FN3O2S/c1-12-2-4-13(5-3-12)17-11-27-20-22-10-16(19(26)24(17)20)18(25)23-15-8-6-14(21)7-9-15/h2-11H,1H3,(H,23,25). The molecule has 0 spiro atoms. The van der Waals surface area contributed by atoms with Gasteiger partial charge in [-0.2, -0.15) is 0 Å². The zero-order valence-electron chi connectivity index (χ0n) is 14.3. The summed E-state index contributed by atoms with van der Waals surface area (Å²) in [7, 11) is 0. The SMILES string of the molecule is Cc1ccc(-c2csc3ncc(C(=O)Nc4ccc(F)cc4)c(=O)n23)cc1. The van der Waals surface area contributed by atoms with E-state index in [-0.39, 0.29) is 5.56 Å². The zero-order valence-corrected chi connectivity index (χ0v) is 15.1. The summed E-state index contributed by atoms with van der Waals surface area (Å²) < 4.78 is 14.4. The van der Waals surface area contributed by atoms with Crippen LogP contribution in [0, 0.1) is 12.7 Å². The minimum atomic E-state index is -0.588. The predicted molar refractivity (Wildman–Crippen MR) is 104 cm³/mol. The van der Waals surface area contributed by atoms with Gasteiger partial charge in [-0.3, -0.25) is 14.0 Å². The number of fused-ring (bicyclic) bond motifs is 1. The van der Waals surface area contributed by atoms with Crippen molar-refractivity contribution in [2.45, 2.75) is 6.92 Å². The van der Waals surface area contributed by atoms with Crippen LogP contribution in [0.4, 0.5) is 10.1 Å². The molecule has 0 aliphatic carbocycles. The lowest BCUT2D eigenvalue weighted by atomic mass is 10.1. The number of carbonyl (C=O) groups excluding carboxylic acids is 1. The minimum absolute atomic E-state index is 0.0800. The average molecular weight is 379 g/mol. The van der Waals surface area contributed by atoms with E-state index in [0.717, 1.165) is 11.1 Å². The number of aryl methyl sites for hydroxylation is 1. The van der Waals surface area contributed by atoms with Crippen molar-refractivity contribution in [1.29, 1.82) is 0 Å². The maximum Gasteiger partial charge on any atom is 0.271 e. The second-order valence-corrected chi connectivity index (χ2v) is 6.88. The monoisotopic (exact) mass is 379 g/mol. The van der Waals surface area contributed by atoms with E-state index in [1.807, 2.05) is 36.6 Å². The number of halogens is 1. The van der Waals surface area contributed by atoms with Gasteiger partial charge in [-0.15, -0.1) is 11.3 Å². The summed E-state index contributed by atoms with van der Waals surface area (Å²) in [4.78, 5) is 30.2. The molecule has 1 N–H and O–H groups in total. The molecule has 2 aromatic carbocycles. The van der Waals surface area contributed by atoms with Crippen LogP contribution in [0.5, 0.6) is 0 Å². The quantitative estimate of drug-likeness (QED) is 0.582. The van der Waals surface area contributed by atoms with Crippen molar-refractivity contribution in [1.82, 2.24) is 9.38 Å². The van der Waals surface area contributed by atoms with Crippen LogP contribution in [0.25, 0.3) is 16.2 Å². The Morgan fingerprint density at radius 1 is 1.11 bits per heavy atom.